The van der Waals surface area contributed by atoms with E-state index in [0.717, 1.165) is 5.69 Å². The van der Waals surface area contributed by atoms with Crippen LogP contribution in [0.1, 0.15) is 32.8 Å². The molecule has 23 heavy (non-hydrogen) atoms. The lowest BCUT2D eigenvalue weighted by atomic mass is 10.0. The van der Waals surface area contributed by atoms with Gasteiger partial charge in [-0.3, -0.25) is 9.59 Å². The van der Waals surface area contributed by atoms with Crippen molar-refractivity contribution in [2.45, 2.75) is 33.0 Å². The first-order valence-electron chi connectivity index (χ1n) is 7.84. The normalized spacial score (nSPS) is 16.1. The van der Waals surface area contributed by atoms with E-state index in [4.69, 9.17) is 14.2 Å². The molecule has 1 aliphatic heterocycles. The van der Waals surface area contributed by atoms with Crippen molar-refractivity contribution in [3.8, 4) is 0 Å². The summed E-state index contributed by atoms with van der Waals surface area (Å²) in [5.74, 6) is -1.56. The molecule has 0 aromatic heterocycles. The average molecular weight is 321 g/mol. The third-order valence-corrected chi connectivity index (χ3v) is 3.73. The molecule has 1 amide bonds. The summed E-state index contributed by atoms with van der Waals surface area (Å²) in [7, 11) is 0. The van der Waals surface area contributed by atoms with Crippen molar-refractivity contribution in [3.05, 3.63) is 29.8 Å². The molecule has 0 radical (unpaired) electrons. The third-order valence-electron chi connectivity index (χ3n) is 3.73. The van der Waals surface area contributed by atoms with Gasteiger partial charge in [0.05, 0.1) is 19.8 Å². The molecule has 0 bridgehead atoms. The van der Waals surface area contributed by atoms with Crippen LogP contribution in [0.15, 0.2) is 24.3 Å². The molecular weight excluding hydrogens is 298 g/mol. The molecule has 6 heteroatoms. The monoisotopic (exact) mass is 321 g/mol. The van der Waals surface area contributed by atoms with Crippen LogP contribution in [-0.4, -0.2) is 38.2 Å². The van der Waals surface area contributed by atoms with E-state index < -0.39 is 5.79 Å². The molecule has 6 nitrogen and oxygen atoms in total. The molecule has 1 aliphatic rings. The summed E-state index contributed by atoms with van der Waals surface area (Å²) < 4.78 is 16.5. The molecule has 2 rings (SSSR count). The number of amides is 1. The molecule has 0 aliphatic carbocycles. The van der Waals surface area contributed by atoms with Crippen molar-refractivity contribution in [3.63, 3.8) is 0 Å². The summed E-state index contributed by atoms with van der Waals surface area (Å²) in [5.41, 5.74) is 1.46. The van der Waals surface area contributed by atoms with Crippen LogP contribution in [0.3, 0.4) is 0 Å². The molecule has 0 saturated carbocycles. The number of hydrogen-bond donors (Lipinski definition) is 0. The lowest BCUT2D eigenvalue weighted by molar-refractivity contribution is -0.188. The molecule has 0 unspecified atom stereocenters. The lowest BCUT2D eigenvalue weighted by Gasteiger charge is -2.28. The van der Waals surface area contributed by atoms with Crippen molar-refractivity contribution < 1.29 is 23.8 Å². The molecule has 1 fully saturated rings. The minimum absolute atomic E-state index is 0.0174. The topological polar surface area (TPSA) is 65.1 Å². The maximum Gasteiger partial charge on any atom is 0.311 e. The van der Waals surface area contributed by atoms with E-state index >= 15 is 0 Å². The molecule has 0 N–H and O–H groups in total. The molecule has 0 spiro atoms. The molecule has 1 aromatic carbocycles. The largest absolute Gasteiger partial charge is 0.466 e. The maximum absolute atomic E-state index is 11.9. The number of anilines is 1. The van der Waals surface area contributed by atoms with Gasteiger partial charge in [0.25, 0.3) is 0 Å². The highest BCUT2D eigenvalue weighted by atomic mass is 16.7. The molecule has 126 valence electrons. The van der Waals surface area contributed by atoms with E-state index in [9.17, 15) is 9.59 Å². The molecule has 0 atom stereocenters. The summed E-state index contributed by atoms with van der Waals surface area (Å²) in [6.45, 7) is 6.88. The van der Waals surface area contributed by atoms with Gasteiger partial charge in [0.1, 0.15) is 6.42 Å². The Morgan fingerprint density at radius 3 is 2.52 bits per heavy atom. The van der Waals surface area contributed by atoms with Gasteiger partial charge >= 0.3 is 5.97 Å². The second-order valence-corrected chi connectivity index (χ2v) is 5.25. The van der Waals surface area contributed by atoms with Crippen molar-refractivity contribution in [1.29, 1.82) is 0 Å². The predicted octanol–water partition coefficient (Wildman–Crippen LogP) is 2.21. The predicted molar refractivity (Wildman–Crippen MR) is 85.0 cm³/mol. The zero-order valence-corrected chi connectivity index (χ0v) is 13.8. The average Bonchev–Trinajstić information content (AvgIpc) is 2.98. The zero-order chi connectivity index (χ0) is 16.9. The van der Waals surface area contributed by atoms with Crippen molar-refractivity contribution in [2.75, 3.05) is 31.3 Å². The van der Waals surface area contributed by atoms with Crippen molar-refractivity contribution in [2.24, 2.45) is 0 Å². The second kappa shape index (κ2) is 7.57. The Kier molecular flexibility index (Phi) is 5.74. The fraction of sp³-hybridized carbons (Fsp3) is 0.529. The zero-order valence-electron chi connectivity index (χ0n) is 13.8. The Labute approximate surface area is 136 Å². The van der Waals surface area contributed by atoms with Crippen molar-refractivity contribution >= 4 is 17.6 Å². The van der Waals surface area contributed by atoms with E-state index in [-0.39, 0.29) is 18.3 Å². The highest BCUT2D eigenvalue weighted by molar-refractivity contribution is 5.91. The summed E-state index contributed by atoms with van der Waals surface area (Å²) in [6.07, 6.45) is -0.0174. The van der Waals surface area contributed by atoms with E-state index in [1.165, 1.54) is 6.92 Å². The maximum atomic E-state index is 11.9. The first-order valence-corrected chi connectivity index (χ1v) is 7.84. The van der Waals surface area contributed by atoms with Crippen LogP contribution in [-0.2, 0) is 29.6 Å². The number of hydrogen-bond acceptors (Lipinski definition) is 5. The molecular formula is C17H23NO5. The fourth-order valence-corrected chi connectivity index (χ4v) is 2.73. The van der Waals surface area contributed by atoms with Crippen LogP contribution in [0.25, 0.3) is 0 Å². The van der Waals surface area contributed by atoms with Gasteiger partial charge < -0.3 is 19.1 Å². The van der Waals surface area contributed by atoms with Gasteiger partial charge in [0.15, 0.2) is 0 Å². The summed E-state index contributed by atoms with van der Waals surface area (Å²) in [5, 5.41) is 0. The number of carbonyl (C=O) groups is 2. The Bertz CT molecular complexity index is 566. The van der Waals surface area contributed by atoms with Gasteiger partial charge in [-0.15, -0.1) is 0 Å². The van der Waals surface area contributed by atoms with Gasteiger partial charge in [0, 0.05) is 24.7 Å². The molecule has 1 saturated heterocycles. The smallest absolute Gasteiger partial charge is 0.311 e. The number of ether oxygens (including phenoxy) is 3. The standard InChI is InChI=1S/C17H23NO5/c1-4-18(13(3)19)15-8-6-7-14(11-15)17(22-9-10-23-17)12-16(20)21-5-2/h6-8,11H,4-5,9-10,12H2,1-3H3. The third kappa shape index (κ3) is 3.89. The fourth-order valence-electron chi connectivity index (χ4n) is 2.73. The van der Waals surface area contributed by atoms with Gasteiger partial charge in [0.2, 0.25) is 11.7 Å². The summed E-state index contributed by atoms with van der Waals surface area (Å²) >= 11 is 0. The van der Waals surface area contributed by atoms with Crippen LogP contribution in [0.4, 0.5) is 5.69 Å². The second-order valence-electron chi connectivity index (χ2n) is 5.25. The van der Waals surface area contributed by atoms with Gasteiger partial charge in [-0.25, -0.2) is 0 Å². The SMILES string of the molecule is CCOC(=O)CC1(c2cccc(N(CC)C(C)=O)c2)OCCO1. The first-order chi connectivity index (χ1) is 11.0. The summed E-state index contributed by atoms with van der Waals surface area (Å²) in [4.78, 5) is 25.3. The van der Waals surface area contributed by atoms with Crippen molar-refractivity contribution in [1.82, 2.24) is 0 Å². The summed E-state index contributed by atoms with van der Waals surface area (Å²) in [6, 6.07) is 7.34. The first kappa shape index (κ1) is 17.4. The van der Waals surface area contributed by atoms with E-state index in [2.05, 4.69) is 0 Å². The number of benzene rings is 1. The Morgan fingerprint density at radius 2 is 1.96 bits per heavy atom. The van der Waals surface area contributed by atoms with E-state index in [0.29, 0.717) is 31.9 Å². The minimum Gasteiger partial charge on any atom is -0.466 e. The number of esters is 1. The Balaban J connectivity index is 2.33. The van der Waals surface area contributed by atoms with Gasteiger partial charge in [-0.05, 0) is 26.0 Å². The quantitative estimate of drug-likeness (QED) is 0.752. The number of carbonyl (C=O) groups excluding carboxylic acids is 2. The Hall–Kier alpha value is -1.92. The highest BCUT2D eigenvalue weighted by Crippen LogP contribution is 2.36. The minimum atomic E-state index is -1.14. The molecule has 1 aromatic rings. The molecule has 1 heterocycles. The van der Waals surface area contributed by atoms with Crippen LogP contribution in [0.5, 0.6) is 0 Å². The van der Waals surface area contributed by atoms with Gasteiger partial charge in [-0.1, -0.05) is 12.1 Å². The highest BCUT2D eigenvalue weighted by Gasteiger charge is 2.41. The van der Waals surface area contributed by atoms with Crippen LogP contribution < -0.4 is 4.90 Å². The van der Waals surface area contributed by atoms with Crippen LogP contribution >= 0.6 is 0 Å². The van der Waals surface area contributed by atoms with Crippen LogP contribution in [0, 0.1) is 0 Å². The van der Waals surface area contributed by atoms with E-state index in [1.807, 2.05) is 31.2 Å². The Morgan fingerprint density at radius 1 is 1.26 bits per heavy atom. The number of nitrogens with zero attached hydrogens (tertiary/aromatic N) is 1. The number of rotatable bonds is 6. The van der Waals surface area contributed by atoms with Gasteiger partial charge in [-0.2, -0.15) is 0 Å². The lowest BCUT2D eigenvalue weighted by Crippen LogP contribution is -2.32. The van der Waals surface area contributed by atoms with Crippen LogP contribution in [0.2, 0.25) is 0 Å². The van der Waals surface area contributed by atoms with E-state index in [1.54, 1.807) is 11.8 Å².